The second-order valence-corrected chi connectivity index (χ2v) is 6.98. The third-order valence-electron chi connectivity index (χ3n) is 4.38. The number of alkyl halides is 1. The molecule has 2 rings (SSSR count). The Kier molecular flexibility index (Phi) is 5.43. The molecule has 5 nitrogen and oxygen atoms in total. The topological polar surface area (TPSA) is 59.9 Å². The van der Waals surface area contributed by atoms with Gasteiger partial charge in [-0.1, -0.05) is 22.9 Å². The lowest BCUT2D eigenvalue weighted by molar-refractivity contribution is 0.0796. The lowest BCUT2D eigenvalue weighted by atomic mass is 9.65. The van der Waals surface area contributed by atoms with E-state index in [-0.39, 0.29) is 11.5 Å². The number of halogens is 1. The standard InChI is InChI=1S/C15H23BrN2O3/c1-4-21-14(19)18-17-10-5-7-15(2)8-6-12(16)13(20-3)11(15)9-10/h9,12-13H,4-8H2,1-3H3,(H,18,19)/b17-10+. The maximum Gasteiger partial charge on any atom is 0.427 e. The van der Waals surface area contributed by atoms with Gasteiger partial charge < -0.3 is 9.47 Å². The highest BCUT2D eigenvalue weighted by molar-refractivity contribution is 9.09. The zero-order valence-corrected chi connectivity index (χ0v) is 14.4. The Morgan fingerprint density at radius 1 is 1.57 bits per heavy atom. The number of fused-ring (bicyclic) bond motifs is 1. The fourth-order valence-electron chi connectivity index (χ4n) is 3.12. The molecule has 21 heavy (non-hydrogen) atoms. The quantitative estimate of drug-likeness (QED) is 0.621. The first-order valence-electron chi connectivity index (χ1n) is 7.38. The molecule has 0 saturated heterocycles. The van der Waals surface area contributed by atoms with Gasteiger partial charge in [0.15, 0.2) is 0 Å². The molecule has 0 heterocycles. The van der Waals surface area contributed by atoms with Crippen LogP contribution in [-0.2, 0) is 9.47 Å². The molecule has 0 bridgehead atoms. The van der Waals surface area contributed by atoms with Crippen molar-refractivity contribution in [1.82, 2.24) is 5.43 Å². The van der Waals surface area contributed by atoms with Gasteiger partial charge in [0.25, 0.3) is 0 Å². The van der Waals surface area contributed by atoms with Crippen LogP contribution in [0.15, 0.2) is 16.8 Å². The third kappa shape index (κ3) is 3.66. The number of hydrogen-bond donors (Lipinski definition) is 1. The summed E-state index contributed by atoms with van der Waals surface area (Å²) >= 11 is 3.71. The molecule has 3 unspecified atom stereocenters. The van der Waals surface area contributed by atoms with E-state index in [0.29, 0.717) is 11.4 Å². The Bertz CT molecular complexity index is 464. The van der Waals surface area contributed by atoms with Gasteiger partial charge in [-0.3, -0.25) is 0 Å². The van der Waals surface area contributed by atoms with Crippen LogP contribution >= 0.6 is 15.9 Å². The Morgan fingerprint density at radius 2 is 2.33 bits per heavy atom. The summed E-state index contributed by atoms with van der Waals surface area (Å²) in [4.78, 5) is 11.6. The van der Waals surface area contributed by atoms with Crippen LogP contribution in [0.4, 0.5) is 4.79 Å². The second-order valence-electron chi connectivity index (χ2n) is 5.81. The van der Waals surface area contributed by atoms with Crippen molar-refractivity contribution in [2.45, 2.75) is 50.5 Å². The molecule has 0 aromatic heterocycles. The fraction of sp³-hybridized carbons (Fsp3) is 0.733. The largest absolute Gasteiger partial charge is 0.449 e. The molecule has 1 amide bonds. The van der Waals surface area contributed by atoms with Gasteiger partial charge in [0.1, 0.15) is 0 Å². The van der Waals surface area contributed by atoms with Gasteiger partial charge in [0, 0.05) is 11.9 Å². The summed E-state index contributed by atoms with van der Waals surface area (Å²) in [6.45, 7) is 4.40. The van der Waals surface area contributed by atoms with Crippen LogP contribution < -0.4 is 5.43 Å². The summed E-state index contributed by atoms with van der Waals surface area (Å²) in [7, 11) is 1.74. The van der Waals surface area contributed by atoms with Crippen LogP contribution in [0, 0.1) is 5.41 Å². The van der Waals surface area contributed by atoms with Crippen molar-refractivity contribution in [3.05, 3.63) is 11.6 Å². The Labute approximate surface area is 134 Å². The number of hydrazone groups is 1. The number of amides is 1. The number of carbonyl (C=O) groups excluding carboxylic acids is 1. The van der Waals surface area contributed by atoms with Crippen LogP contribution in [-0.4, -0.2) is 36.5 Å². The minimum absolute atomic E-state index is 0.0665. The minimum Gasteiger partial charge on any atom is -0.449 e. The fourth-order valence-corrected chi connectivity index (χ4v) is 3.84. The van der Waals surface area contributed by atoms with Crippen molar-refractivity contribution in [3.8, 4) is 0 Å². The smallest absolute Gasteiger partial charge is 0.427 e. The summed E-state index contributed by atoms with van der Waals surface area (Å²) < 4.78 is 10.5. The molecule has 0 aromatic rings. The average Bonchev–Trinajstić information content (AvgIpc) is 2.46. The van der Waals surface area contributed by atoms with Gasteiger partial charge in [-0.25, -0.2) is 10.2 Å². The molecule has 6 heteroatoms. The van der Waals surface area contributed by atoms with Crippen LogP contribution in [0.1, 0.15) is 39.5 Å². The van der Waals surface area contributed by atoms with Gasteiger partial charge in [0.2, 0.25) is 0 Å². The summed E-state index contributed by atoms with van der Waals surface area (Å²) in [6.07, 6.45) is 5.78. The van der Waals surface area contributed by atoms with E-state index in [1.54, 1.807) is 14.0 Å². The van der Waals surface area contributed by atoms with E-state index in [1.165, 1.54) is 5.57 Å². The number of nitrogens with one attached hydrogen (secondary N) is 1. The molecule has 0 spiro atoms. The Hall–Kier alpha value is -0.880. The monoisotopic (exact) mass is 358 g/mol. The van der Waals surface area contributed by atoms with E-state index in [9.17, 15) is 4.79 Å². The molecular formula is C15H23BrN2O3. The van der Waals surface area contributed by atoms with Crippen LogP contribution in [0.2, 0.25) is 0 Å². The summed E-state index contributed by atoms with van der Waals surface area (Å²) in [5.41, 5.74) is 4.76. The van der Waals surface area contributed by atoms with Crippen molar-refractivity contribution in [1.29, 1.82) is 0 Å². The second kappa shape index (κ2) is 6.92. The van der Waals surface area contributed by atoms with Crippen molar-refractivity contribution in [2.24, 2.45) is 10.5 Å². The minimum atomic E-state index is -0.512. The van der Waals surface area contributed by atoms with Crippen LogP contribution in [0.5, 0.6) is 0 Å². The molecular weight excluding hydrogens is 336 g/mol. The zero-order valence-electron chi connectivity index (χ0n) is 12.8. The number of hydrogen-bond acceptors (Lipinski definition) is 4. The van der Waals surface area contributed by atoms with E-state index < -0.39 is 6.09 Å². The van der Waals surface area contributed by atoms with Gasteiger partial charge in [-0.05, 0) is 49.7 Å². The van der Waals surface area contributed by atoms with Gasteiger partial charge in [0.05, 0.1) is 18.4 Å². The van der Waals surface area contributed by atoms with E-state index in [1.807, 2.05) is 0 Å². The number of rotatable bonds is 3. The first-order chi connectivity index (χ1) is 10.00. The molecule has 3 atom stereocenters. The zero-order chi connectivity index (χ0) is 15.5. The Balaban J connectivity index is 2.17. The number of allylic oxidation sites excluding steroid dienone is 1. The number of ether oxygens (including phenoxy) is 2. The molecule has 2 aliphatic carbocycles. The lowest BCUT2D eigenvalue weighted by Gasteiger charge is -2.45. The SMILES string of the molecule is CCOC(=O)N/N=C1/C=C2C(OC)C(Br)CCC2(C)CC1. The van der Waals surface area contributed by atoms with Crippen molar-refractivity contribution >= 4 is 27.7 Å². The highest BCUT2D eigenvalue weighted by Crippen LogP contribution is 2.49. The molecule has 2 aliphatic rings. The maximum atomic E-state index is 11.3. The summed E-state index contributed by atoms with van der Waals surface area (Å²) in [5.74, 6) is 0. The van der Waals surface area contributed by atoms with Gasteiger partial charge in [-0.15, -0.1) is 0 Å². The molecule has 1 fully saturated rings. The summed E-state index contributed by atoms with van der Waals surface area (Å²) in [5, 5.41) is 4.16. The van der Waals surface area contributed by atoms with Gasteiger partial charge in [-0.2, -0.15) is 5.10 Å². The van der Waals surface area contributed by atoms with Crippen molar-refractivity contribution in [3.63, 3.8) is 0 Å². The molecule has 0 aliphatic heterocycles. The van der Waals surface area contributed by atoms with Crippen LogP contribution in [0.3, 0.4) is 0 Å². The molecule has 118 valence electrons. The van der Waals surface area contributed by atoms with Crippen molar-refractivity contribution < 1.29 is 14.3 Å². The maximum absolute atomic E-state index is 11.3. The van der Waals surface area contributed by atoms with E-state index in [2.05, 4.69) is 39.5 Å². The average molecular weight is 359 g/mol. The molecule has 0 radical (unpaired) electrons. The predicted molar refractivity (Wildman–Crippen MR) is 85.8 cm³/mol. The lowest BCUT2D eigenvalue weighted by Crippen LogP contribution is -2.42. The van der Waals surface area contributed by atoms with Gasteiger partial charge >= 0.3 is 6.09 Å². The molecule has 0 aromatic carbocycles. The highest BCUT2D eigenvalue weighted by atomic mass is 79.9. The first kappa shape index (κ1) is 16.5. The van der Waals surface area contributed by atoms with E-state index in [0.717, 1.165) is 31.4 Å². The highest BCUT2D eigenvalue weighted by Gasteiger charge is 2.43. The number of nitrogens with zero attached hydrogens (tertiary/aromatic N) is 1. The third-order valence-corrected chi connectivity index (χ3v) is 5.32. The number of methoxy groups -OCH3 is 1. The predicted octanol–water partition coefficient (Wildman–Crippen LogP) is 3.39. The molecule has 1 N–H and O–H groups in total. The number of carbonyl (C=O) groups is 1. The summed E-state index contributed by atoms with van der Waals surface area (Å²) in [6, 6.07) is 0. The Morgan fingerprint density at radius 3 is 3.00 bits per heavy atom. The normalized spacial score (nSPS) is 34.1. The van der Waals surface area contributed by atoms with Crippen LogP contribution in [0.25, 0.3) is 0 Å². The van der Waals surface area contributed by atoms with E-state index >= 15 is 0 Å². The van der Waals surface area contributed by atoms with Crippen molar-refractivity contribution in [2.75, 3.05) is 13.7 Å². The molecule has 1 saturated carbocycles. The first-order valence-corrected chi connectivity index (χ1v) is 8.30. The van der Waals surface area contributed by atoms with E-state index in [4.69, 9.17) is 9.47 Å².